The second-order valence-electron chi connectivity index (χ2n) is 5.25. The highest BCUT2D eigenvalue weighted by molar-refractivity contribution is 9.10. The molecule has 0 saturated carbocycles. The first-order valence-corrected chi connectivity index (χ1v) is 7.83. The Morgan fingerprint density at radius 3 is 2.52 bits per heavy atom. The van der Waals surface area contributed by atoms with Crippen molar-refractivity contribution in [3.63, 3.8) is 0 Å². The molecule has 0 fully saturated rings. The fourth-order valence-corrected chi connectivity index (χ4v) is 3.17. The number of aryl methyl sites for hydroxylation is 1. The molecule has 4 heteroatoms. The predicted molar refractivity (Wildman–Crippen MR) is 86.9 cm³/mol. The fourth-order valence-electron chi connectivity index (χ4n) is 2.55. The lowest BCUT2D eigenvalue weighted by Gasteiger charge is -2.22. The smallest absolute Gasteiger partial charge is 0.162 e. The third kappa shape index (κ3) is 3.06. The first kappa shape index (κ1) is 14.4. The van der Waals surface area contributed by atoms with E-state index in [-0.39, 0.29) is 6.04 Å². The molecule has 1 aliphatic heterocycles. The Labute approximate surface area is 133 Å². The van der Waals surface area contributed by atoms with E-state index in [4.69, 9.17) is 15.2 Å². The Kier molecular flexibility index (Phi) is 4.17. The van der Waals surface area contributed by atoms with Gasteiger partial charge in [0.2, 0.25) is 0 Å². The number of halogens is 1. The molecule has 0 radical (unpaired) electrons. The van der Waals surface area contributed by atoms with Crippen LogP contribution in [-0.2, 0) is 6.42 Å². The summed E-state index contributed by atoms with van der Waals surface area (Å²) in [4.78, 5) is 0. The van der Waals surface area contributed by atoms with Crippen molar-refractivity contribution in [2.45, 2.75) is 19.4 Å². The molecule has 0 aliphatic carbocycles. The summed E-state index contributed by atoms with van der Waals surface area (Å²) >= 11 is 3.59. The normalized spacial score (nSPS) is 14.8. The lowest BCUT2D eigenvalue weighted by Crippen LogP contribution is -2.18. The van der Waals surface area contributed by atoms with Crippen LogP contribution in [-0.4, -0.2) is 13.2 Å². The van der Waals surface area contributed by atoms with Crippen LogP contribution in [0.4, 0.5) is 0 Å². The van der Waals surface area contributed by atoms with Crippen LogP contribution in [0.2, 0.25) is 0 Å². The molecule has 1 aliphatic rings. The van der Waals surface area contributed by atoms with Gasteiger partial charge in [-0.1, -0.05) is 40.2 Å². The van der Waals surface area contributed by atoms with Crippen LogP contribution >= 0.6 is 15.9 Å². The maximum atomic E-state index is 6.40. The van der Waals surface area contributed by atoms with Gasteiger partial charge in [-0.2, -0.15) is 0 Å². The average molecular weight is 348 g/mol. The van der Waals surface area contributed by atoms with Crippen molar-refractivity contribution in [1.82, 2.24) is 0 Å². The Balaban J connectivity index is 1.87. The van der Waals surface area contributed by atoms with Gasteiger partial charge in [0, 0.05) is 10.5 Å². The minimum atomic E-state index is -0.0868. The Bertz CT molecular complexity index is 657. The molecule has 21 heavy (non-hydrogen) atoms. The van der Waals surface area contributed by atoms with Crippen LogP contribution in [0.3, 0.4) is 0 Å². The second-order valence-corrected chi connectivity index (χ2v) is 6.11. The van der Waals surface area contributed by atoms with Crippen molar-refractivity contribution in [2.75, 3.05) is 13.2 Å². The van der Waals surface area contributed by atoms with Crippen molar-refractivity contribution in [1.29, 1.82) is 0 Å². The minimum absolute atomic E-state index is 0.0868. The van der Waals surface area contributed by atoms with Crippen molar-refractivity contribution >= 4 is 15.9 Å². The van der Waals surface area contributed by atoms with Crippen LogP contribution in [0.25, 0.3) is 0 Å². The largest absolute Gasteiger partial charge is 0.486 e. The number of fused-ring (bicyclic) bond motifs is 1. The van der Waals surface area contributed by atoms with E-state index in [2.05, 4.69) is 35.0 Å². The van der Waals surface area contributed by atoms with Gasteiger partial charge in [-0.25, -0.2) is 0 Å². The minimum Gasteiger partial charge on any atom is -0.486 e. The Morgan fingerprint density at radius 1 is 1.14 bits per heavy atom. The zero-order valence-corrected chi connectivity index (χ0v) is 13.5. The van der Waals surface area contributed by atoms with Gasteiger partial charge in [0.15, 0.2) is 11.5 Å². The van der Waals surface area contributed by atoms with Crippen LogP contribution in [0.15, 0.2) is 40.9 Å². The van der Waals surface area contributed by atoms with E-state index in [0.29, 0.717) is 13.2 Å². The molecule has 1 heterocycles. The van der Waals surface area contributed by atoms with Crippen molar-refractivity contribution in [3.8, 4) is 11.5 Å². The number of ether oxygens (including phenoxy) is 2. The zero-order valence-electron chi connectivity index (χ0n) is 11.9. The van der Waals surface area contributed by atoms with Gasteiger partial charge in [-0.05, 0) is 42.2 Å². The second kappa shape index (κ2) is 6.08. The van der Waals surface area contributed by atoms with Gasteiger partial charge in [0.25, 0.3) is 0 Å². The molecular weight excluding hydrogens is 330 g/mol. The maximum absolute atomic E-state index is 6.40. The molecule has 0 aromatic heterocycles. The van der Waals surface area contributed by atoms with E-state index >= 15 is 0 Å². The van der Waals surface area contributed by atoms with Gasteiger partial charge in [0.05, 0.1) is 0 Å². The first-order chi connectivity index (χ1) is 10.1. The number of nitrogens with two attached hydrogens (primary N) is 1. The van der Waals surface area contributed by atoms with Gasteiger partial charge in [-0.15, -0.1) is 0 Å². The zero-order chi connectivity index (χ0) is 14.8. The van der Waals surface area contributed by atoms with Gasteiger partial charge in [0.1, 0.15) is 13.2 Å². The molecule has 0 bridgehead atoms. The fraction of sp³-hybridized carbons (Fsp3) is 0.294. The van der Waals surface area contributed by atoms with E-state index in [1.165, 1.54) is 11.1 Å². The van der Waals surface area contributed by atoms with Crippen molar-refractivity contribution in [3.05, 3.63) is 57.6 Å². The standard InChI is InChI=1S/C17H18BrNO2/c1-11-4-2-3-5-12(11)8-15(19)13-9-16-17(10-14(13)18)21-7-6-20-16/h2-5,9-10,15H,6-8,19H2,1H3. The number of benzene rings is 2. The molecule has 2 N–H and O–H groups in total. The van der Waals surface area contributed by atoms with E-state index < -0.39 is 0 Å². The van der Waals surface area contributed by atoms with Crippen molar-refractivity contribution < 1.29 is 9.47 Å². The molecule has 0 spiro atoms. The summed E-state index contributed by atoms with van der Waals surface area (Å²) in [6.07, 6.45) is 0.797. The van der Waals surface area contributed by atoms with Crippen LogP contribution in [0.5, 0.6) is 11.5 Å². The number of rotatable bonds is 3. The highest BCUT2D eigenvalue weighted by Gasteiger charge is 2.18. The molecule has 0 amide bonds. The molecule has 110 valence electrons. The number of hydrogen-bond donors (Lipinski definition) is 1. The van der Waals surface area contributed by atoms with Crippen LogP contribution < -0.4 is 15.2 Å². The van der Waals surface area contributed by atoms with Gasteiger partial charge in [-0.3, -0.25) is 0 Å². The molecule has 1 unspecified atom stereocenters. The molecule has 0 saturated heterocycles. The van der Waals surface area contributed by atoms with Crippen molar-refractivity contribution in [2.24, 2.45) is 5.73 Å². The SMILES string of the molecule is Cc1ccccc1CC(N)c1cc2c(cc1Br)OCCO2. The summed E-state index contributed by atoms with van der Waals surface area (Å²) in [7, 11) is 0. The van der Waals surface area contributed by atoms with E-state index in [0.717, 1.165) is 28.0 Å². The molecule has 3 rings (SSSR count). The van der Waals surface area contributed by atoms with E-state index in [1.54, 1.807) is 0 Å². The Morgan fingerprint density at radius 2 is 1.81 bits per heavy atom. The third-order valence-corrected chi connectivity index (χ3v) is 4.45. The quantitative estimate of drug-likeness (QED) is 0.918. The number of hydrogen-bond acceptors (Lipinski definition) is 3. The highest BCUT2D eigenvalue weighted by atomic mass is 79.9. The topological polar surface area (TPSA) is 44.5 Å². The maximum Gasteiger partial charge on any atom is 0.162 e. The lowest BCUT2D eigenvalue weighted by molar-refractivity contribution is 0.171. The van der Waals surface area contributed by atoms with Gasteiger partial charge >= 0.3 is 0 Å². The monoisotopic (exact) mass is 347 g/mol. The average Bonchev–Trinajstić information content (AvgIpc) is 2.49. The predicted octanol–water partition coefficient (Wildman–Crippen LogP) is 3.77. The molecule has 2 aromatic carbocycles. The molecule has 2 aromatic rings. The van der Waals surface area contributed by atoms with Crippen LogP contribution in [0, 0.1) is 6.92 Å². The molecule has 3 nitrogen and oxygen atoms in total. The lowest BCUT2D eigenvalue weighted by atomic mass is 9.96. The first-order valence-electron chi connectivity index (χ1n) is 7.04. The van der Waals surface area contributed by atoms with Gasteiger partial charge < -0.3 is 15.2 Å². The molecular formula is C17H18BrNO2. The van der Waals surface area contributed by atoms with E-state index in [1.807, 2.05) is 24.3 Å². The summed E-state index contributed by atoms with van der Waals surface area (Å²) in [6.45, 7) is 3.29. The van der Waals surface area contributed by atoms with E-state index in [9.17, 15) is 0 Å². The van der Waals surface area contributed by atoms with Crippen LogP contribution in [0.1, 0.15) is 22.7 Å². The summed E-state index contributed by atoms with van der Waals surface area (Å²) < 4.78 is 12.2. The summed E-state index contributed by atoms with van der Waals surface area (Å²) in [5.41, 5.74) is 9.98. The summed E-state index contributed by atoms with van der Waals surface area (Å²) in [6, 6.07) is 12.2. The summed E-state index contributed by atoms with van der Waals surface area (Å²) in [5, 5.41) is 0. The molecule has 1 atom stereocenters. The third-order valence-electron chi connectivity index (χ3n) is 3.76. The highest BCUT2D eigenvalue weighted by Crippen LogP contribution is 2.38. The summed E-state index contributed by atoms with van der Waals surface area (Å²) in [5.74, 6) is 1.56. The Hall–Kier alpha value is -1.52.